The van der Waals surface area contributed by atoms with Crippen LogP contribution in [0.25, 0.3) is 0 Å². The van der Waals surface area contributed by atoms with Crippen molar-refractivity contribution in [3.63, 3.8) is 0 Å². The molecule has 2 rings (SSSR count). The SMILES string of the molecule is CS(=O)(=O)N1CCN(Cc2cc(Br)ccc2O)CC1.O=C(O)C(=O)O. The molecule has 1 heterocycles. The highest BCUT2D eigenvalue weighted by Gasteiger charge is 2.23. The molecule has 0 atom stereocenters. The van der Waals surface area contributed by atoms with Crippen molar-refractivity contribution in [2.75, 3.05) is 32.4 Å². The summed E-state index contributed by atoms with van der Waals surface area (Å²) in [4.78, 5) is 20.3. The number of hydrogen-bond acceptors (Lipinski definition) is 6. The monoisotopic (exact) mass is 438 g/mol. The third-order valence-corrected chi connectivity index (χ3v) is 5.22. The molecule has 0 aromatic heterocycles. The van der Waals surface area contributed by atoms with Gasteiger partial charge in [-0.25, -0.2) is 18.0 Å². The molecule has 11 heteroatoms. The predicted octanol–water partition coefficient (Wildman–Crippen LogP) is 0.387. The molecule has 0 unspecified atom stereocenters. The molecule has 0 radical (unpaired) electrons. The van der Waals surface area contributed by atoms with E-state index >= 15 is 0 Å². The van der Waals surface area contributed by atoms with Crippen molar-refractivity contribution in [3.05, 3.63) is 28.2 Å². The van der Waals surface area contributed by atoms with E-state index in [1.54, 1.807) is 12.1 Å². The standard InChI is InChI=1S/C12H17BrN2O3S.C2H2O4/c1-19(17,18)15-6-4-14(5-7-15)9-10-8-11(13)2-3-12(10)16;3-1(4)2(5)6/h2-3,8,16H,4-7,9H2,1H3;(H,3,4)(H,5,6). The van der Waals surface area contributed by atoms with Gasteiger partial charge in [0.05, 0.1) is 6.26 Å². The summed E-state index contributed by atoms with van der Waals surface area (Å²) in [5.74, 6) is -3.38. The third-order valence-electron chi connectivity index (χ3n) is 3.42. The summed E-state index contributed by atoms with van der Waals surface area (Å²) in [6, 6.07) is 5.34. The summed E-state index contributed by atoms with van der Waals surface area (Å²) >= 11 is 3.38. The fourth-order valence-electron chi connectivity index (χ4n) is 2.14. The third kappa shape index (κ3) is 7.38. The number of piperazine rings is 1. The van der Waals surface area contributed by atoms with Gasteiger partial charge in [0.25, 0.3) is 0 Å². The first-order valence-electron chi connectivity index (χ1n) is 7.11. The molecule has 0 aliphatic carbocycles. The number of halogens is 1. The lowest BCUT2D eigenvalue weighted by molar-refractivity contribution is -0.159. The van der Waals surface area contributed by atoms with Gasteiger partial charge in [-0.05, 0) is 18.2 Å². The Bertz CT molecular complexity index is 719. The number of rotatable bonds is 3. The van der Waals surface area contributed by atoms with Crippen LogP contribution in [-0.2, 0) is 26.2 Å². The smallest absolute Gasteiger partial charge is 0.414 e. The Kier molecular flexibility index (Phi) is 7.80. The number of carbonyl (C=O) groups is 2. The number of phenols is 1. The second kappa shape index (κ2) is 9.13. The average Bonchev–Trinajstić information content (AvgIpc) is 2.51. The number of benzene rings is 1. The Morgan fingerprint density at radius 2 is 1.64 bits per heavy atom. The van der Waals surface area contributed by atoms with Crippen LogP contribution < -0.4 is 0 Å². The van der Waals surface area contributed by atoms with Crippen LogP contribution in [0.4, 0.5) is 0 Å². The first kappa shape index (κ1) is 21.4. The molecule has 1 aliphatic heterocycles. The number of nitrogens with zero attached hydrogens (tertiary/aromatic N) is 2. The van der Waals surface area contributed by atoms with E-state index in [9.17, 15) is 13.5 Å². The van der Waals surface area contributed by atoms with E-state index in [1.807, 2.05) is 6.07 Å². The molecule has 1 saturated heterocycles. The number of phenolic OH excluding ortho intramolecular Hbond substituents is 1. The van der Waals surface area contributed by atoms with E-state index in [0.717, 1.165) is 10.0 Å². The summed E-state index contributed by atoms with van der Waals surface area (Å²) in [6.45, 7) is 3.00. The van der Waals surface area contributed by atoms with Crippen LogP contribution in [-0.4, -0.2) is 77.3 Å². The topological polar surface area (TPSA) is 135 Å². The zero-order chi connectivity index (χ0) is 19.2. The molecule has 1 fully saturated rings. The minimum Gasteiger partial charge on any atom is -0.508 e. The van der Waals surface area contributed by atoms with E-state index in [4.69, 9.17) is 19.8 Å². The predicted molar refractivity (Wildman–Crippen MR) is 92.8 cm³/mol. The maximum atomic E-state index is 11.4. The number of sulfonamides is 1. The van der Waals surface area contributed by atoms with E-state index in [0.29, 0.717) is 32.7 Å². The molecular weight excluding hydrogens is 420 g/mol. The Morgan fingerprint density at radius 3 is 2.08 bits per heavy atom. The van der Waals surface area contributed by atoms with Crippen LogP contribution in [0.5, 0.6) is 5.75 Å². The van der Waals surface area contributed by atoms with Crippen molar-refractivity contribution >= 4 is 37.9 Å². The largest absolute Gasteiger partial charge is 0.508 e. The van der Waals surface area contributed by atoms with Crippen molar-refractivity contribution < 1.29 is 33.3 Å². The van der Waals surface area contributed by atoms with Gasteiger partial charge in [-0.15, -0.1) is 0 Å². The van der Waals surface area contributed by atoms with Gasteiger partial charge in [0.15, 0.2) is 0 Å². The molecule has 1 aliphatic rings. The summed E-state index contributed by atoms with van der Waals surface area (Å²) in [6.07, 6.45) is 1.24. The first-order valence-corrected chi connectivity index (χ1v) is 9.76. The van der Waals surface area contributed by atoms with Crippen molar-refractivity contribution in [2.45, 2.75) is 6.54 Å². The fourth-order valence-corrected chi connectivity index (χ4v) is 3.38. The highest BCUT2D eigenvalue weighted by Crippen LogP contribution is 2.23. The second-order valence-electron chi connectivity index (χ2n) is 5.32. The fraction of sp³-hybridized carbons (Fsp3) is 0.429. The molecule has 9 nitrogen and oxygen atoms in total. The van der Waals surface area contributed by atoms with Crippen molar-refractivity contribution in [2.24, 2.45) is 0 Å². The quantitative estimate of drug-likeness (QED) is 0.576. The lowest BCUT2D eigenvalue weighted by Crippen LogP contribution is -2.47. The summed E-state index contributed by atoms with van der Waals surface area (Å²) in [5.41, 5.74) is 0.849. The Labute approximate surface area is 153 Å². The molecule has 0 spiro atoms. The van der Waals surface area contributed by atoms with Gasteiger partial charge in [0.2, 0.25) is 10.0 Å². The molecule has 0 bridgehead atoms. The lowest BCUT2D eigenvalue weighted by Gasteiger charge is -2.33. The molecule has 25 heavy (non-hydrogen) atoms. The molecule has 3 N–H and O–H groups in total. The van der Waals surface area contributed by atoms with E-state index in [1.165, 1.54) is 10.6 Å². The van der Waals surface area contributed by atoms with Crippen molar-refractivity contribution in [3.8, 4) is 5.75 Å². The Balaban J connectivity index is 0.000000450. The van der Waals surface area contributed by atoms with Gasteiger partial charge >= 0.3 is 11.9 Å². The maximum absolute atomic E-state index is 11.4. The maximum Gasteiger partial charge on any atom is 0.414 e. The van der Waals surface area contributed by atoms with Crippen LogP contribution >= 0.6 is 15.9 Å². The number of aromatic hydroxyl groups is 1. The van der Waals surface area contributed by atoms with Crippen molar-refractivity contribution in [1.82, 2.24) is 9.21 Å². The van der Waals surface area contributed by atoms with E-state index < -0.39 is 22.0 Å². The van der Waals surface area contributed by atoms with Gasteiger partial charge in [0, 0.05) is 42.8 Å². The van der Waals surface area contributed by atoms with Crippen LogP contribution in [0.15, 0.2) is 22.7 Å². The van der Waals surface area contributed by atoms with Crippen LogP contribution in [0.3, 0.4) is 0 Å². The minimum absolute atomic E-state index is 0.272. The van der Waals surface area contributed by atoms with Gasteiger partial charge in [-0.1, -0.05) is 15.9 Å². The Morgan fingerprint density at radius 1 is 1.12 bits per heavy atom. The zero-order valence-corrected chi connectivity index (χ0v) is 15.8. The number of carboxylic acid groups (broad SMARTS) is 2. The van der Waals surface area contributed by atoms with Gasteiger partial charge < -0.3 is 15.3 Å². The normalized spacial score (nSPS) is 15.9. The van der Waals surface area contributed by atoms with Gasteiger partial charge in [-0.3, -0.25) is 4.90 Å². The summed E-state index contributed by atoms with van der Waals surface area (Å²) in [7, 11) is -3.09. The molecule has 0 saturated carbocycles. The minimum atomic E-state index is -3.09. The van der Waals surface area contributed by atoms with Crippen LogP contribution in [0, 0.1) is 0 Å². The summed E-state index contributed by atoms with van der Waals surface area (Å²) in [5, 5.41) is 24.6. The second-order valence-corrected chi connectivity index (χ2v) is 8.22. The van der Waals surface area contributed by atoms with E-state index in [-0.39, 0.29) is 5.75 Å². The first-order chi connectivity index (χ1) is 11.5. The molecule has 1 aromatic carbocycles. The molecular formula is C14H19BrN2O7S. The van der Waals surface area contributed by atoms with E-state index in [2.05, 4.69) is 20.8 Å². The highest BCUT2D eigenvalue weighted by molar-refractivity contribution is 9.10. The number of hydrogen-bond donors (Lipinski definition) is 3. The number of aliphatic carboxylic acids is 2. The average molecular weight is 439 g/mol. The highest BCUT2D eigenvalue weighted by atomic mass is 79.9. The molecule has 1 aromatic rings. The lowest BCUT2D eigenvalue weighted by atomic mass is 10.2. The zero-order valence-electron chi connectivity index (χ0n) is 13.4. The van der Waals surface area contributed by atoms with Crippen LogP contribution in [0.1, 0.15) is 5.56 Å². The van der Waals surface area contributed by atoms with Crippen molar-refractivity contribution in [1.29, 1.82) is 0 Å². The molecule has 140 valence electrons. The Hall–Kier alpha value is -1.69. The molecule has 0 amide bonds. The van der Waals surface area contributed by atoms with Gasteiger partial charge in [-0.2, -0.15) is 4.31 Å². The van der Waals surface area contributed by atoms with Crippen LogP contribution in [0.2, 0.25) is 0 Å². The number of carboxylic acids is 2. The van der Waals surface area contributed by atoms with Gasteiger partial charge in [0.1, 0.15) is 5.75 Å². The summed E-state index contributed by atoms with van der Waals surface area (Å²) < 4.78 is 25.2.